The summed E-state index contributed by atoms with van der Waals surface area (Å²) < 4.78 is 0. The molecule has 204 valence electrons. The first kappa shape index (κ1) is 27.5. The zero-order valence-electron chi connectivity index (χ0n) is 22.0. The second kappa shape index (κ2) is 12.8. The number of hydrogen-bond acceptors (Lipinski definition) is 6. The fourth-order valence-electron chi connectivity index (χ4n) is 4.58. The third kappa shape index (κ3) is 6.86. The summed E-state index contributed by atoms with van der Waals surface area (Å²) in [7, 11) is 0. The van der Waals surface area contributed by atoms with Crippen LogP contribution in [-0.4, -0.2) is 57.7 Å². The maximum Gasteiger partial charge on any atom is 0.247 e. The van der Waals surface area contributed by atoms with E-state index in [0.29, 0.717) is 24.2 Å². The minimum atomic E-state index is -0.800. The molecule has 0 aliphatic carbocycles. The second-order valence-corrected chi connectivity index (χ2v) is 9.60. The lowest BCUT2D eigenvalue weighted by atomic mass is 9.98. The standard InChI is InChI=1S/C28H33N7O4/c1-3-18(2)26(32-24(36)13-19-9-5-4-6-10-19)28(39)30-17-25(37)35-22-12-8-7-11-20(22)14-23(35)27(38)29-15-21-16-31-34-33-21/h4-12,16,18,23,26H,3,13-15,17H2,1-2H3,(H,29,38)(H,30,39)(H,32,36)(H,31,33,34)/t18-,23-,26-/m0/s1. The molecule has 0 saturated carbocycles. The zero-order valence-corrected chi connectivity index (χ0v) is 22.0. The molecule has 4 rings (SSSR count). The highest BCUT2D eigenvalue weighted by atomic mass is 16.2. The summed E-state index contributed by atoms with van der Waals surface area (Å²) in [5.74, 6) is -1.63. The molecule has 4 N–H and O–H groups in total. The van der Waals surface area contributed by atoms with Gasteiger partial charge in [-0.25, -0.2) is 0 Å². The molecule has 0 spiro atoms. The van der Waals surface area contributed by atoms with Crippen molar-refractivity contribution in [2.24, 2.45) is 5.92 Å². The average Bonchev–Trinajstić information content (AvgIpc) is 3.61. The van der Waals surface area contributed by atoms with Gasteiger partial charge in [-0.15, -0.1) is 0 Å². The van der Waals surface area contributed by atoms with Gasteiger partial charge in [-0.05, 0) is 23.1 Å². The van der Waals surface area contributed by atoms with Gasteiger partial charge in [-0.3, -0.25) is 24.1 Å². The maximum absolute atomic E-state index is 13.4. The molecule has 1 aromatic heterocycles. The van der Waals surface area contributed by atoms with E-state index < -0.39 is 23.9 Å². The molecular weight excluding hydrogens is 498 g/mol. The fraction of sp³-hybridized carbons (Fsp3) is 0.357. The molecule has 2 aromatic carbocycles. The second-order valence-electron chi connectivity index (χ2n) is 9.60. The molecule has 3 atom stereocenters. The third-order valence-corrected chi connectivity index (χ3v) is 6.89. The van der Waals surface area contributed by atoms with Gasteiger partial charge in [0.25, 0.3) is 0 Å². The molecule has 0 unspecified atom stereocenters. The van der Waals surface area contributed by atoms with Crippen molar-refractivity contribution in [1.29, 1.82) is 0 Å². The van der Waals surface area contributed by atoms with Crippen LogP contribution in [0.25, 0.3) is 0 Å². The largest absolute Gasteiger partial charge is 0.348 e. The van der Waals surface area contributed by atoms with Crippen molar-refractivity contribution >= 4 is 29.3 Å². The molecule has 2 heterocycles. The number of para-hydroxylation sites is 1. The van der Waals surface area contributed by atoms with E-state index in [9.17, 15) is 19.2 Å². The van der Waals surface area contributed by atoms with E-state index in [0.717, 1.165) is 11.1 Å². The maximum atomic E-state index is 13.4. The normalized spacial score (nSPS) is 15.6. The summed E-state index contributed by atoms with van der Waals surface area (Å²) in [5.41, 5.74) is 2.90. The van der Waals surface area contributed by atoms with Gasteiger partial charge in [0.05, 0.1) is 25.7 Å². The summed E-state index contributed by atoms with van der Waals surface area (Å²) in [6, 6.07) is 15.0. The van der Waals surface area contributed by atoms with Crippen LogP contribution in [0.3, 0.4) is 0 Å². The van der Waals surface area contributed by atoms with Gasteiger partial charge in [-0.2, -0.15) is 15.4 Å². The molecule has 11 nitrogen and oxygen atoms in total. The minimum Gasteiger partial charge on any atom is -0.348 e. The number of amides is 4. The number of carbonyl (C=O) groups is 4. The van der Waals surface area contributed by atoms with Crippen LogP contribution >= 0.6 is 0 Å². The molecule has 3 aromatic rings. The van der Waals surface area contributed by atoms with E-state index in [1.54, 1.807) is 12.1 Å². The number of aromatic nitrogens is 3. The lowest BCUT2D eigenvalue weighted by molar-refractivity contribution is -0.131. The third-order valence-electron chi connectivity index (χ3n) is 6.89. The number of nitrogens with one attached hydrogen (secondary N) is 4. The highest BCUT2D eigenvalue weighted by molar-refractivity contribution is 6.05. The van der Waals surface area contributed by atoms with Crippen LogP contribution in [0.15, 0.2) is 60.8 Å². The topological polar surface area (TPSA) is 149 Å². The molecule has 1 aliphatic heterocycles. The van der Waals surface area contributed by atoms with Crippen molar-refractivity contribution in [2.45, 2.75) is 51.7 Å². The first-order valence-corrected chi connectivity index (χ1v) is 13.0. The summed E-state index contributed by atoms with van der Waals surface area (Å²) in [6.07, 6.45) is 2.67. The predicted octanol–water partition coefficient (Wildman–Crippen LogP) is 1.27. The van der Waals surface area contributed by atoms with Crippen LogP contribution in [0.2, 0.25) is 0 Å². The summed E-state index contributed by atoms with van der Waals surface area (Å²) >= 11 is 0. The van der Waals surface area contributed by atoms with Crippen LogP contribution in [0.4, 0.5) is 5.69 Å². The fourth-order valence-corrected chi connectivity index (χ4v) is 4.58. The first-order valence-electron chi connectivity index (χ1n) is 13.0. The predicted molar refractivity (Wildman–Crippen MR) is 144 cm³/mol. The van der Waals surface area contributed by atoms with Gasteiger partial charge in [0, 0.05) is 12.1 Å². The number of fused-ring (bicyclic) bond motifs is 1. The Morgan fingerprint density at radius 1 is 1.05 bits per heavy atom. The Morgan fingerprint density at radius 2 is 1.79 bits per heavy atom. The Morgan fingerprint density at radius 3 is 2.51 bits per heavy atom. The van der Waals surface area contributed by atoms with E-state index in [2.05, 4.69) is 31.4 Å². The highest BCUT2D eigenvalue weighted by Crippen LogP contribution is 2.32. The Hall–Kier alpha value is -4.54. The number of H-pyrrole nitrogens is 1. The van der Waals surface area contributed by atoms with Crippen molar-refractivity contribution in [1.82, 2.24) is 31.4 Å². The van der Waals surface area contributed by atoms with Crippen LogP contribution in [0, 0.1) is 5.92 Å². The van der Waals surface area contributed by atoms with E-state index in [1.165, 1.54) is 11.1 Å². The number of anilines is 1. The summed E-state index contributed by atoms with van der Waals surface area (Å²) in [5, 5.41) is 18.5. The molecule has 0 bridgehead atoms. The van der Waals surface area contributed by atoms with Gasteiger partial charge in [-0.1, -0.05) is 68.8 Å². The highest BCUT2D eigenvalue weighted by Gasteiger charge is 2.38. The summed E-state index contributed by atoms with van der Waals surface area (Å²) in [6.45, 7) is 3.66. The molecule has 0 radical (unpaired) electrons. The van der Waals surface area contributed by atoms with Crippen molar-refractivity contribution in [3.8, 4) is 0 Å². The lowest BCUT2D eigenvalue weighted by Crippen LogP contribution is -2.54. The van der Waals surface area contributed by atoms with E-state index in [4.69, 9.17) is 0 Å². The van der Waals surface area contributed by atoms with Crippen molar-refractivity contribution in [3.63, 3.8) is 0 Å². The Balaban J connectivity index is 1.41. The van der Waals surface area contributed by atoms with Crippen LogP contribution < -0.4 is 20.9 Å². The van der Waals surface area contributed by atoms with Crippen molar-refractivity contribution < 1.29 is 19.2 Å². The van der Waals surface area contributed by atoms with Crippen LogP contribution in [-0.2, 0) is 38.6 Å². The van der Waals surface area contributed by atoms with Gasteiger partial charge >= 0.3 is 0 Å². The smallest absolute Gasteiger partial charge is 0.247 e. The molecule has 11 heteroatoms. The average molecular weight is 532 g/mol. The Labute approximate surface area is 226 Å². The van der Waals surface area contributed by atoms with Crippen LogP contribution in [0.5, 0.6) is 0 Å². The molecule has 0 fully saturated rings. The number of nitrogens with zero attached hydrogens (tertiary/aromatic N) is 3. The Bertz CT molecular complexity index is 1300. The number of carbonyl (C=O) groups excluding carboxylic acids is 4. The van der Waals surface area contributed by atoms with E-state index >= 15 is 0 Å². The molecule has 1 aliphatic rings. The van der Waals surface area contributed by atoms with Crippen molar-refractivity contribution in [3.05, 3.63) is 77.6 Å². The quantitative estimate of drug-likeness (QED) is 0.293. The molecule has 4 amide bonds. The van der Waals surface area contributed by atoms with Gasteiger partial charge in [0.15, 0.2) is 0 Å². The molecule has 39 heavy (non-hydrogen) atoms. The van der Waals surface area contributed by atoms with Crippen molar-refractivity contribution in [2.75, 3.05) is 11.4 Å². The van der Waals surface area contributed by atoms with Crippen LogP contribution in [0.1, 0.15) is 37.1 Å². The number of rotatable bonds is 11. The Kier molecular flexibility index (Phi) is 9.03. The number of benzene rings is 2. The number of aromatic amines is 1. The monoisotopic (exact) mass is 531 g/mol. The first-order chi connectivity index (χ1) is 18.9. The van der Waals surface area contributed by atoms with Gasteiger partial charge in [0.1, 0.15) is 17.8 Å². The van der Waals surface area contributed by atoms with E-state index in [-0.39, 0.29) is 37.2 Å². The summed E-state index contributed by atoms with van der Waals surface area (Å²) in [4.78, 5) is 53.7. The lowest BCUT2D eigenvalue weighted by Gasteiger charge is -2.27. The van der Waals surface area contributed by atoms with Gasteiger partial charge < -0.3 is 16.0 Å². The molecular formula is C28H33N7O4. The molecule has 0 saturated heterocycles. The minimum absolute atomic E-state index is 0.148. The SMILES string of the molecule is CC[C@H](C)[C@H](NC(=O)Cc1ccccc1)C(=O)NCC(=O)N1c2ccccc2C[C@H]1C(=O)NCc1cn[nH]n1. The van der Waals surface area contributed by atoms with Gasteiger partial charge in [0.2, 0.25) is 23.6 Å². The zero-order chi connectivity index (χ0) is 27.8. The number of hydrogen-bond donors (Lipinski definition) is 4. The van der Waals surface area contributed by atoms with E-state index in [1.807, 2.05) is 56.3 Å².